The predicted octanol–water partition coefficient (Wildman–Crippen LogP) is 3.24. The fourth-order valence-corrected chi connectivity index (χ4v) is 2.18. The first-order chi connectivity index (χ1) is 8.09. The number of aryl methyl sites for hydroxylation is 3. The number of nitrogens with zero attached hydrogens (tertiary/aromatic N) is 1. The van der Waals surface area contributed by atoms with E-state index in [2.05, 4.69) is 4.98 Å². The number of rotatable bonds is 2. The summed E-state index contributed by atoms with van der Waals surface area (Å²) in [5.74, 6) is 0.0492. The van der Waals surface area contributed by atoms with E-state index >= 15 is 0 Å². The molecule has 0 aliphatic rings. The highest BCUT2D eigenvalue weighted by Gasteiger charge is 2.14. The molecule has 0 atom stereocenters. The highest BCUT2D eigenvalue weighted by molar-refractivity contribution is 6.10. The van der Waals surface area contributed by atoms with Gasteiger partial charge in [0.25, 0.3) is 0 Å². The Kier molecular flexibility index (Phi) is 3.05. The van der Waals surface area contributed by atoms with Crippen LogP contribution >= 0.6 is 0 Å². The lowest BCUT2D eigenvalue weighted by atomic mass is 9.94. The molecule has 0 unspecified atom stereocenters. The summed E-state index contributed by atoms with van der Waals surface area (Å²) in [5, 5.41) is 0. The van der Waals surface area contributed by atoms with Gasteiger partial charge in [-0.3, -0.25) is 9.78 Å². The molecular weight excluding hydrogens is 210 g/mol. The number of carbonyl (C=O) groups is 1. The fourth-order valence-electron chi connectivity index (χ4n) is 2.18. The van der Waals surface area contributed by atoms with E-state index in [1.54, 1.807) is 24.5 Å². The zero-order valence-electron chi connectivity index (χ0n) is 10.3. The monoisotopic (exact) mass is 225 g/mol. The summed E-state index contributed by atoms with van der Waals surface area (Å²) in [7, 11) is 0. The summed E-state index contributed by atoms with van der Waals surface area (Å²) in [4.78, 5) is 16.3. The van der Waals surface area contributed by atoms with Gasteiger partial charge in [-0.2, -0.15) is 0 Å². The first-order valence-corrected chi connectivity index (χ1v) is 5.62. The number of carbonyl (C=O) groups excluding carboxylic acids is 1. The standard InChI is InChI=1S/C15H15NO/c1-10-7-11(2)14(12(3)8-10)15(17)13-5-4-6-16-9-13/h4-9H,1-3H3. The molecule has 2 heteroatoms. The molecule has 1 heterocycles. The van der Waals surface area contributed by atoms with Crippen LogP contribution in [0.2, 0.25) is 0 Å². The van der Waals surface area contributed by atoms with E-state index < -0.39 is 0 Å². The smallest absolute Gasteiger partial charge is 0.195 e. The molecule has 2 nitrogen and oxygen atoms in total. The van der Waals surface area contributed by atoms with Crippen LogP contribution in [0, 0.1) is 20.8 Å². The van der Waals surface area contributed by atoms with Gasteiger partial charge in [0.15, 0.2) is 5.78 Å². The second-order valence-electron chi connectivity index (χ2n) is 4.34. The summed E-state index contributed by atoms with van der Waals surface area (Å²) in [6, 6.07) is 7.66. The van der Waals surface area contributed by atoms with Crippen LogP contribution in [0.25, 0.3) is 0 Å². The van der Waals surface area contributed by atoms with Crippen LogP contribution in [0.4, 0.5) is 0 Å². The van der Waals surface area contributed by atoms with Gasteiger partial charge in [0.1, 0.15) is 0 Å². The molecule has 0 amide bonds. The van der Waals surface area contributed by atoms with E-state index in [-0.39, 0.29) is 5.78 Å². The van der Waals surface area contributed by atoms with Crippen molar-refractivity contribution >= 4 is 5.78 Å². The summed E-state index contributed by atoms with van der Waals surface area (Å²) in [6.07, 6.45) is 3.28. The van der Waals surface area contributed by atoms with Gasteiger partial charge in [0.2, 0.25) is 0 Å². The van der Waals surface area contributed by atoms with E-state index in [0.717, 1.165) is 16.7 Å². The topological polar surface area (TPSA) is 30.0 Å². The molecule has 1 aromatic carbocycles. The molecule has 0 spiro atoms. The van der Waals surface area contributed by atoms with Crippen molar-refractivity contribution in [3.8, 4) is 0 Å². The second-order valence-corrected chi connectivity index (χ2v) is 4.34. The van der Waals surface area contributed by atoms with Crippen LogP contribution in [-0.4, -0.2) is 10.8 Å². The molecule has 0 aliphatic heterocycles. The van der Waals surface area contributed by atoms with Crippen molar-refractivity contribution in [2.45, 2.75) is 20.8 Å². The third-order valence-corrected chi connectivity index (χ3v) is 2.83. The van der Waals surface area contributed by atoms with Crippen molar-refractivity contribution in [2.75, 3.05) is 0 Å². The van der Waals surface area contributed by atoms with Crippen molar-refractivity contribution in [2.24, 2.45) is 0 Å². The molecule has 17 heavy (non-hydrogen) atoms. The maximum atomic E-state index is 12.4. The Morgan fingerprint density at radius 2 is 1.76 bits per heavy atom. The van der Waals surface area contributed by atoms with Crippen LogP contribution in [-0.2, 0) is 0 Å². The largest absolute Gasteiger partial charge is 0.289 e. The first-order valence-electron chi connectivity index (χ1n) is 5.62. The third-order valence-electron chi connectivity index (χ3n) is 2.83. The lowest BCUT2D eigenvalue weighted by Gasteiger charge is -2.10. The van der Waals surface area contributed by atoms with Crippen LogP contribution in [0.1, 0.15) is 32.6 Å². The summed E-state index contributed by atoms with van der Waals surface area (Å²) < 4.78 is 0. The second kappa shape index (κ2) is 4.50. The van der Waals surface area contributed by atoms with Crippen molar-refractivity contribution in [1.82, 2.24) is 4.98 Å². The highest BCUT2D eigenvalue weighted by atomic mass is 16.1. The Bertz CT molecular complexity index is 535. The number of ketones is 1. The number of benzene rings is 1. The molecule has 1 aromatic heterocycles. The van der Waals surface area contributed by atoms with Gasteiger partial charge in [-0.05, 0) is 44.0 Å². The molecule has 0 N–H and O–H groups in total. The van der Waals surface area contributed by atoms with Gasteiger partial charge < -0.3 is 0 Å². The minimum atomic E-state index is 0.0492. The average Bonchev–Trinajstić information content (AvgIpc) is 2.28. The van der Waals surface area contributed by atoms with Crippen LogP contribution in [0.5, 0.6) is 0 Å². The van der Waals surface area contributed by atoms with Gasteiger partial charge in [0.05, 0.1) is 0 Å². The highest BCUT2D eigenvalue weighted by Crippen LogP contribution is 2.19. The third kappa shape index (κ3) is 2.26. The van der Waals surface area contributed by atoms with Gasteiger partial charge in [-0.1, -0.05) is 17.7 Å². The maximum absolute atomic E-state index is 12.4. The number of pyridine rings is 1. The van der Waals surface area contributed by atoms with Crippen molar-refractivity contribution in [3.05, 3.63) is 64.5 Å². The molecule has 0 radical (unpaired) electrons. The summed E-state index contributed by atoms with van der Waals surface area (Å²) >= 11 is 0. The lowest BCUT2D eigenvalue weighted by molar-refractivity contribution is 0.103. The van der Waals surface area contributed by atoms with Gasteiger partial charge in [-0.25, -0.2) is 0 Å². The normalized spacial score (nSPS) is 10.3. The van der Waals surface area contributed by atoms with Crippen LogP contribution in [0.15, 0.2) is 36.7 Å². The Hall–Kier alpha value is -1.96. The molecule has 2 aromatic rings. The van der Waals surface area contributed by atoms with E-state index in [0.29, 0.717) is 5.56 Å². The fraction of sp³-hybridized carbons (Fsp3) is 0.200. The minimum Gasteiger partial charge on any atom is -0.289 e. The molecule has 2 rings (SSSR count). The molecule has 0 fully saturated rings. The Balaban J connectivity index is 2.52. The van der Waals surface area contributed by atoms with Crippen LogP contribution < -0.4 is 0 Å². The molecule has 0 bridgehead atoms. The molecule has 86 valence electrons. The average molecular weight is 225 g/mol. The molecule has 0 saturated carbocycles. The Morgan fingerprint density at radius 3 is 2.29 bits per heavy atom. The van der Waals surface area contributed by atoms with E-state index in [9.17, 15) is 4.79 Å². The number of hydrogen-bond donors (Lipinski definition) is 0. The molecule has 0 saturated heterocycles. The predicted molar refractivity (Wildman–Crippen MR) is 68.3 cm³/mol. The van der Waals surface area contributed by atoms with Gasteiger partial charge in [-0.15, -0.1) is 0 Å². The zero-order chi connectivity index (χ0) is 12.4. The van der Waals surface area contributed by atoms with E-state index in [1.165, 1.54) is 5.56 Å². The van der Waals surface area contributed by atoms with Crippen LogP contribution in [0.3, 0.4) is 0 Å². The number of hydrogen-bond acceptors (Lipinski definition) is 2. The molecule has 0 aliphatic carbocycles. The van der Waals surface area contributed by atoms with Gasteiger partial charge in [0, 0.05) is 23.5 Å². The maximum Gasteiger partial charge on any atom is 0.195 e. The minimum absolute atomic E-state index is 0.0492. The Morgan fingerprint density at radius 1 is 1.12 bits per heavy atom. The van der Waals surface area contributed by atoms with Crippen molar-refractivity contribution in [3.63, 3.8) is 0 Å². The summed E-state index contributed by atoms with van der Waals surface area (Å²) in [5.41, 5.74) is 4.67. The van der Waals surface area contributed by atoms with Crippen molar-refractivity contribution in [1.29, 1.82) is 0 Å². The molecular formula is C15H15NO. The number of aromatic nitrogens is 1. The van der Waals surface area contributed by atoms with E-state index in [1.807, 2.05) is 32.9 Å². The lowest BCUT2D eigenvalue weighted by Crippen LogP contribution is -2.07. The van der Waals surface area contributed by atoms with Crippen molar-refractivity contribution < 1.29 is 4.79 Å². The zero-order valence-corrected chi connectivity index (χ0v) is 10.3. The SMILES string of the molecule is Cc1cc(C)c(C(=O)c2cccnc2)c(C)c1. The first kappa shape index (κ1) is 11.5. The Labute approximate surface area is 101 Å². The quantitative estimate of drug-likeness (QED) is 0.734. The van der Waals surface area contributed by atoms with E-state index in [4.69, 9.17) is 0 Å². The summed E-state index contributed by atoms with van der Waals surface area (Å²) in [6.45, 7) is 5.99. The van der Waals surface area contributed by atoms with Gasteiger partial charge >= 0.3 is 0 Å².